The molecule has 0 bridgehead atoms. The van der Waals surface area contributed by atoms with Crippen molar-refractivity contribution in [1.82, 2.24) is 0 Å². The number of rotatable bonds is 7. The highest BCUT2D eigenvalue weighted by Crippen LogP contribution is 2.39. The van der Waals surface area contributed by atoms with Gasteiger partial charge in [0.1, 0.15) is 5.82 Å². The Balaban J connectivity index is 1.19. The zero-order valence-corrected chi connectivity index (χ0v) is 19.8. The molecular formula is C29H38ClF. The van der Waals surface area contributed by atoms with Crippen molar-refractivity contribution in [2.75, 3.05) is 0 Å². The van der Waals surface area contributed by atoms with E-state index in [4.69, 9.17) is 11.6 Å². The van der Waals surface area contributed by atoms with Crippen molar-refractivity contribution in [3.8, 4) is 0 Å². The van der Waals surface area contributed by atoms with Gasteiger partial charge in [0.25, 0.3) is 0 Å². The summed E-state index contributed by atoms with van der Waals surface area (Å²) in [5, 5.41) is 0.200. The molecule has 2 heteroatoms. The molecular weight excluding hydrogens is 403 g/mol. The molecule has 0 aromatic heterocycles. The van der Waals surface area contributed by atoms with E-state index in [0.29, 0.717) is 0 Å². The Kier molecular flexibility index (Phi) is 8.10. The van der Waals surface area contributed by atoms with Crippen LogP contribution in [-0.2, 0) is 12.8 Å². The highest BCUT2D eigenvalue weighted by Gasteiger charge is 2.24. The Morgan fingerprint density at radius 2 is 1.29 bits per heavy atom. The first kappa shape index (κ1) is 22.8. The lowest BCUT2D eigenvalue weighted by Gasteiger charge is -2.31. The molecule has 0 aliphatic heterocycles. The third-order valence-corrected chi connectivity index (χ3v) is 8.41. The Morgan fingerprint density at radius 1 is 0.742 bits per heavy atom. The van der Waals surface area contributed by atoms with Gasteiger partial charge in [0.2, 0.25) is 0 Å². The van der Waals surface area contributed by atoms with Crippen molar-refractivity contribution < 1.29 is 4.39 Å². The van der Waals surface area contributed by atoms with E-state index in [9.17, 15) is 4.39 Å². The Labute approximate surface area is 193 Å². The summed E-state index contributed by atoms with van der Waals surface area (Å²) in [7, 11) is 0. The van der Waals surface area contributed by atoms with Crippen LogP contribution in [0.1, 0.15) is 93.7 Å². The van der Waals surface area contributed by atoms with Crippen molar-refractivity contribution in [3.05, 3.63) is 70.0 Å². The number of benzene rings is 2. The molecule has 168 valence electrons. The second-order valence-corrected chi connectivity index (χ2v) is 10.8. The van der Waals surface area contributed by atoms with E-state index >= 15 is 0 Å². The summed E-state index contributed by atoms with van der Waals surface area (Å²) in [5.74, 6) is 3.38. The maximum Gasteiger partial charge on any atom is 0.142 e. The summed E-state index contributed by atoms with van der Waals surface area (Å²) in [5.41, 5.74) is 3.85. The zero-order valence-electron chi connectivity index (χ0n) is 19.1. The summed E-state index contributed by atoms with van der Waals surface area (Å²) in [6, 6.07) is 14.4. The van der Waals surface area contributed by atoms with E-state index in [1.807, 2.05) is 6.07 Å². The van der Waals surface area contributed by atoms with Crippen molar-refractivity contribution in [2.45, 2.75) is 89.9 Å². The minimum absolute atomic E-state index is 0.200. The molecule has 0 saturated heterocycles. The van der Waals surface area contributed by atoms with Gasteiger partial charge in [-0.15, -0.1) is 0 Å². The summed E-state index contributed by atoms with van der Waals surface area (Å²) < 4.78 is 13.6. The fraction of sp³-hybridized carbons (Fsp3) is 0.586. The van der Waals surface area contributed by atoms with E-state index in [2.05, 4.69) is 31.2 Å². The smallest absolute Gasteiger partial charge is 0.142 e. The molecule has 31 heavy (non-hydrogen) atoms. The van der Waals surface area contributed by atoms with E-state index in [1.165, 1.54) is 75.3 Å². The standard InChI is InChI=1S/C29H38ClF/c1-21-2-4-22(5-3-21)6-7-23-10-15-26(16-11-23)27-17-12-24(13-18-27)8-9-25-14-19-28(30)29(31)20-25/h12-14,17-23,26H,2-11,15-16H2,1H3. The van der Waals surface area contributed by atoms with Crippen LogP contribution in [0, 0.1) is 23.6 Å². The summed E-state index contributed by atoms with van der Waals surface area (Å²) in [6.45, 7) is 2.42. The van der Waals surface area contributed by atoms with Gasteiger partial charge in [0, 0.05) is 0 Å². The van der Waals surface area contributed by atoms with E-state index in [-0.39, 0.29) is 10.8 Å². The lowest BCUT2D eigenvalue weighted by molar-refractivity contribution is 0.237. The van der Waals surface area contributed by atoms with Gasteiger partial charge in [-0.05, 0) is 91.0 Å². The molecule has 2 aliphatic carbocycles. The van der Waals surface area contributed by atoms with Gasteiger partial charge in [0.05, 0.1) is 5.02 Å². The zero-order chi connectivity index (χ0) is 21.6. The monoisotopic (exact) mass is 440 g/mol. The molecule has 0 heterocycles. The fourth-order valence-electron chi connectivity index (χ4n) is 5.81. The van der Waals surface area contributed by atoms with Crippen molar-refractivity contribution in [1.29, 1.82) is 0 Å². The van der Waals surface area contributed by atoms with Crippen LogP contribution >= 0.6 is 11.6 Å². The first-order chi connectivity index (χ1) is 15.1. The Bertz CT molecular complexity index is 811. The fourth-order valence-corrected chi connectivity index (χ4v) is 5.93. The largest absolute Gasteiger partial charge is 0.205 e. The second kappa shape index (κ2) is 11.0. The van der Waals surface area contributed by atoms with Crippen molar-refractivity contribution in [3.63, 3.8) is 0 Å². The molecule has 4 rings (SSSR count). The van der Waals surface area contributed by atoms with E-state index < -0.39 is 0 Å². The van der Waals surface area contributed by atoms with Gasteiger partial charge >= 0.3 is 0 Å². The van der Waals surface area contributed by atoms with Crippen LogP contribution in [0.5, 0.6) is 0 Å². The molecule has 0 unspecified atom stereocenters. The van der Waals surface area contributed by atoms with Gasteiger partial charge in [-0.25, -0.2) is 4.39 Å². The number of hydrogen-bond donors (Lipinski definition) is 0. The molecule has 2 fully saturated rings. The SMILES string of the molecule is CC1CCC(CCC2CCC(c3ccc(CCc4ccc(Cl)c(F)c4)cc3)CC2)CC1. The predicted molar refractivity (Wildman–Crippen MR) is 130 cm³/mol. The van der Waals surface area contributed by atoms with Crippen LogP contribution < -0.4 is 0 Å². The van der Waals surface area contributed by atoms with Crippen LogP contribution in [0.25, 0.3) is 0 Å². The molecule has 0 radical (unpaired) electrons. The molecule has 2 saturated carbocycles. The minimum atomic E-state index is -0.321. The van der Waals surface area contributed by atoms with Crippen molar-refractivity contribution in [2.24, 2.45) is 17.8 Å². The van der Waals surface area contributed by atoms with Gasteiger partial charge in [-0.2, -0.15) is 0 Å². The molecule has 0 amide bonds. The van der Waals surface area contributed by atoms with Gasteiger partial charge in [-0.3, -0.25) is 0 Å². The lowest BCUT2D eigenvalue weighted by atomic mass is 9.74. The minimum Gasteiger partial charge on any atom is -0.205 e. The van der Waals surface area contributed by atoms with Gasteiger partial charge < -0.3 is 0 Å². The maximum absolute atomic E-state index is 13.6. The van der Waals surface area contributed by atoms with Crippen LogP contribution in [0.2, 0.25) is 5.02 Å². The van der Waals surface area contributed by atoms with Crippen LogP contribution in [0.4, 0.5) is 4.39 Å². The highest BCUT2D eigenvalue weighted by atomic mass is 35.5. The molecule has 0 nitrogen and oxygen atoms in total. The quantitative estimate of drug-likeness (QED) is 0.402. The lowest BCUT2D eigenvalue weighted by Crippen LogP contribution is -2.17. The molecule has 2 aromatic rings. The van der Waals surface area contributed by atoms with Crippen LogP contribution in [0.15, 0.2) is 42.5 Å². The van der Waals surface area contributed by atoms with E-state index in [0.717, 1.165) is 42.1 Å². The normalized spacial score (nSPS) is 26.7. The Hall–Kier alpha value is -1.34. The molecule has 2 aliphatic rings. The number of halogens is 2. The summed E-state index contributed by atoms with van der Waals surface area (Å²) in [6.07, 6.45) is 16.2. The average molecular weight is 441 g/mol. The summed E-state index contributed by atoms with van der Waals surface area (Å²) in [4.78, 5) is 0. The number of aryl methyl sites for hydroxylation is 2. The van der Waals surface area contributed by atoms with Crippen LogP contribution in [0.3, 0.4) is 0 Å². The third-order valence-electron chi connectivity index (χ3n) is 8.10. The summed E-state index contributed by atoms with van der Waals surface area (Å²) >= 11 is 5.78. The highest BCUT2D eigenvalue weighted by molar-refractivity contribution is 6.30. The molecule has 2 aromatic carbocycles. The topological polar surface area (TPSA) is 0 Å². The molecule has 0 spiro atoms. The van der Waals surface area contributed by atoms with Gasteiger partial charge in [0.15, 0.2) is 0 Å². The predicted octanol–water partition coefficient (Wildman–Crippen LogP) is 9.14. The second-order valence-electron chi connectivity index (χ2n) is 10.4. The first-order valence-electron chi connectivity index (χ1n) is 12.6. The van der Waals surface area contributed by atoms with E-state index in [1.54, 1.807) is 12.1 Å². The average Bonchev–Trinajstić information content (AvgIpc) is 2.80. The van der Waals surface area contributed by atoms with Crippen LogP contribution in [-0.4, -0.2) is 0 Å². The molecule has 0 atom stereocenters. The first-order valence-corrected chi connectivity index (χ1v) is 13.0. The number of hydrogen-bond acceptors (Lipinski definition) is 0. The van der Waals surface area contributed by atoms with Gasteiger partial charge in [-0.1, -0.05) is 87.4 Å². The Morgan fingerprint density at radius 3 is 1.90 bits per heavy atom. The molecule has 0 N–H and O–H groups in total. The third kappa shape index (κ3) is 6.58. The van der Waals surface area contributed by atoms with Crippen molar-refractivity contribution >= 4 is 11.6 Å². The maximum atomic E-state index is 13.6.